The fourth-order valence-corrected chi connectivity index (χ4v) is 1.69. The molecule has 0 radical (unpaired) electrons. The largest absolute Gasteiger partial charge is 0.330 e. The van der Waals surface area contributed by atoms with Gasteiger partial charge in [0.15, 0.2) is 0 Å². The number of aryl methyl sites for hydroxylation is 1. The summed E-state index contributed by atoms with van der Waals surface area (Å²) in [6.45, 7) is 2.74. The predicted molar refractivity (Wildman–Crippen MR) is 61.1 cm³/mol. The highest BCUT2D eigenvalue weighted by Gasteiger charge is 2.05. The number of hydrogen-bond donors (Lipinski definition) is 1. The lowest BCUT2D eigenvalue weighted by molar-refractivity contribution is 0.787. The molecule has 0 aliphatic carbocycles. The van der Waals surface area contributed by atoms with Crippen LogP contribution >= 0.6 is 0 Å². The second kappa shape index (κ2) is 4.28. The number of rotatable bonds is 3. The minimum absolute atomic E-state index is 0.650. The molecule has 2 aromatic rings. The van der Waals surface area contributed by atoms with E-state index in [1.54, 1.807) is 0 Å². The summed E-state index contributed by atoms with van der Waals surface area (Å²) in [5.41, 5.74) is 9.07. The molecule has 0 spiro atoms. The average molecular weight is 201 g/mol. The monoisotopic (exact) mass is 201 g/mol. The molecule has 0 atom stereocenters. The van der Waals surface area contributed by atoms with Crippen molar-refractivity contribution < 1.29 is 0 Å². The van der Waals surface area contributed by atoms with Crippen LogP contribution in [0, 0.1) is 6.92 Å². The zero-order chi connectivity index (χ0) is 10.7. The van der Waals surface area contributed by atoms with Gasteiger partial charge in [-0.15, -0.1) is 0 Å². The lowest BCUT2D eigenvalue weighted by Gasteiger charge is -2.09. The van der Waals surface area contributed by atoms with E-state index in [-0.39, 0.29) is 0 Å². The van der Waals surface area contributed by atoms with Gasteiger partial charge in [-0.1, -0.05) is 18.2 Å². The van der Waals surface area contributed by atoms with Crippen molar-refractivity contribution in [3.63, 3.8) is 0 Å². The van der Waals surface area contributed by atoms with Gasteiger partial charge in [-0.2, -0.15) is 5.10 Å². The van der Waals surface area contributed by atoms with E-state index in [1.807, 2.05) is 29.1 Å². The van der Waals surface area contributed by atoms with Gasteiger partial charge in [0.2, 0.25) is 0 Å². The first-order chi connectivity index (χ1) is 7.33. The van der Waals surface area contributed by atoms with Gasteiger partial charge in [-0.25, -0.2) is 4.68 Å². The Morgan fingerprint density at radius 1 is 1.27 bits per heavy atom. The van der Waals surface area contributed by atoms with Crippen molar-refractivity contribution in [1.29, 1.82) is 0 Å². The van der Waals surface area contributed by atoms with Gasteiger partial charge < -0.3 is 5.73 Å². The van der Waals surface area contributed by atoms with Gasteiger partial charge in [-0.3, -0.25) is 0 Å². The summed E-state index contributed by atoms with van der Waals surface area (Å²) in [6, 6.07) is 10.2. The summed E-state index contributed by atoms with van der Waals surface area (Å²) >= 11 is 0. The molecule has 0 fully saturated rings. The first-order valence-corrected chi connectivity index (χ1v) is 5.12. The lowest BCUT2D eigenvalue weighted by atomic mass is 10.2. The molecule has 2 rings (SSSR count). The normalized spacial score (nSPS) is 10.5. The van der Waals surface area contributed by atoms with Gasteiger partial charge in [0.1, 0.15) is 0 Å². The number of benzene rings is 1. The van der Waals surface area contributed by atoms with Crippen LogP contribution in [-0.4, -0.2) is 16.3 Å². The number of aromatic nitrogens is 2. The highest BCUT2D eigenvalue weighted by Crippen LogP contribution is 2.14. The Hall–Kier alpha value is -1.61. The van der Waals surface area contributed by atoms with Crippen LogP contribution in [0.5, 0.6) is 0 Å². The highest BCUT2D eigenvalue weighted by atomic mass is 15.3. The molecule has 0 saturated carbocycles. The van der Waals surface area contributed by atoms with Gasteiger partial charge in [0, 0.05) is 18.3 Å². The minimum Gasteiger partial charge on any atom is -0.330 e. The Labute approximate surface area is 89.5 Å². The third-order valence-corrected chi connectivity index (χ3v) is 2.47. The molecular weight excluding hydrogens is 186 g/mol. The molecule has 0 unspecified atom stereocenters. The molecule has 78 valence electrons. The van der Waals surface area contributed by atoms with E-state index in [9.17, 15) is 0 Å². The minimum atomic E-state index is 0.650. The van der Waals surface area contributed by atoms with Gasteiger partial charge >= 0.3 is 0 Å². The van der Waals surface area contributed by atoms with Crippen molar-refractivity contribution in [3.05, 3.63) is 47.8 Å². The fraction of sp³-hybridized carbons (Fsp3) is 0.250. The van der Waals surface area contributed by atoms with E-state index in [0.717, 1.165) is 17.8 Å². The predicted octanol–water partition coefficient (Wildman–Crippen LogP) is 1.68. The molecule has 0 saturated heterocycles. The second-order valence-electron chi connectivity index (χ2n) is 3.56. The Kier molecular flexibility index (Phi) is 2.83. The van der Waals surface area contributed by atoms with Gasteiger partial charge in [0.25, 0.3) is 0 Å². The molecule has 1 heterocycles. The number of para-hydroxylation sites is 1. The Morgan fingerprint density at radius 2 is 2.07 bits per heavy atom. The quantitative estimate of drug-likeness (QED) is 0.821. The number of hydrogen-bond acceptors (Lipinski definition) is 2. The molecule has 0 amide bonds. The van der Waals surface area contributed by atoms with E-state index in [2.05, 4.69) is 24.2 Å². The molecule has 3 heteroatoms. The van der Waals surface area contributed by atoms with Crippen LogP contribution in [-0.2, 0) is 6.42 Å². The van der Waals surface area contributed by atoms with Crippen molar-refractivity contribution in [1.82, 2.24) is 9.78 Å². The summed E-state index contributed by atoms with van der Waals surface area (Å²) < 4.78 is 1.96. The Morgan fingerprint density at radius 3 is 2.80 bits per heavy atom. The Balaban J connectivity index is 2.45. The number of nitrogens with zero attached hydrogens (tertiary/aromatic N) is 2. The lowest BCUT2D eigenvalue weighted by Crippen LogP contribution is -2.09. The molecule has 15 heavy (non-hydrogen) atoms. The van der Waals surface area contributed by atoms with Crippen molar-refractivity contribution in [2.75, 3.05) is 6.54 Å². The summed E-state index contributed by atoms with van der Waals surface area (Å²) in [5, 5.41) is 4.33. The summed E-state index contributed by atoms with van der Waals surface area (Å²) in [6.07, 6.45) is 2.67. The van der Waals surface area contributed by atoms with E-state index in [4.69, 9.17) is 5.73 Å². The fourth-order valence-electron chi connectivity index (χ4n) is 1.69. The van der Waals surface area contributed by atoms with Gasteiger partial charge in [0.05, 0.1) is 5.69 Å². The van der Waals surface area contributed by atoms with E-state index in [0.29, 0.717) is 6.54 Å². The van der Waals surface area contributed by atoms with E-state index in [1.165, 1.54) is 5.56 Å². The third kappa shape index (κ3) is 1.92. The van der Waals surface area contributed by atoms with E-state index >= 15 is 0 Å². The molecule has 0 bridgehead atoms. The Bertz CT molecular complexity index is 446. The SMILES string of the molecule is Cc1ccccc1-n1nccc1CCN. The van der Waals surface area contributed by atoms with Crippen LogP contribution in [0.1, 0.15) is 11.3 Å². The topological polar surface area (TPSA) is 43.8 Å². The van der Waals surface area contributed by atoms with Crippen LogP contribution in [0.25, 0.3) is 5.69 Å². The van der Waals surface area contributed by atoms with Crippen LogP contribution < -0.4 is 5.73 Å². The maximum Gasteiger partial charge on any atom is 0.0677 e. The molecule has 1 aromatic heterocycles. The first kappa shape index (κ1) is 9.93. The van der Waals surface area contributed by atoms with Crippen molar-refractivity contribution in [3.8, 4) is 5.69 Å². The van der Waals surface area contributed by atoms with Crippen LogP contribution in [0.4, 0.5) is 0 Å². The first-order valence-electron chi connectivity index (χ1n) is 5.12. The van der Waals surface area contributed by atoms with Crippen LogP contribution in [0.15, 0.2) is 36.5 Å². The maximum absolute atomic E-state index is 5.56. The zero-order valence-corrected chi connectivity index (χ0v) is 8.85. The molecular formula is C12H15N3. The van der Waals surface area contributed by atoms with Gasteiger partial charge in [-0.05, 0) is 31.2 Å². The molecule has 0 aliphatic heterocycles. The summed E-state index contributed by atoms with van der Waals surface area (Å²) in [5.74, 6) is 0. The smallest absolute Gasteiger partial charge is 0.0677 e. The summed E-state index contributed by atoms with van der Waals surface area (Å²) in [4.78, 5) is 0. The molecule has 1 aromatic carbocycles. The molecule has 2 N–H and O–H groups in total. The number of nitrogens with two attached hydrogens (primary N) is 1. The molecule has 0 aliphatic rings. The zero-order valence-electron chi connectivity index (χ0n) is 8.85. The summed E-state index contributed by atoms with van der Waals surface area (Å²) in [7, 11) is 0. The molecule has 3 nitrogen and oxygen atoms in total. The average Bonchev–Trinajstić information content (AvgIpc) is 2.67. The van der Waals surface area contributed by atoms with Crippen LogP contribution in [0.2, 0.25) is 0 Å². The van der Waals surface area contributed by atoms with Crippen molar-refractivity contribution in [2.45, 2.75) is 13.3 Å². The van der Waals surface area contributed by atoms with Crippen molar-refractivity contribution >= 4 is 0 Å². The second-order valence-corrected chi connectivity index (χ2v) is 3.56. The van der Waals surface area contributed by atoms with Crippen LogP contribution in [0.3, 0.4) is 0 Å². The van der Waals surface area contributed by atoms with E-state index < -0.39 is 0 Å². The van der Waals surface area contributed by atoms with Crippen molar-refractivity contribution in [2.24, 2.45) is 5.73 Å². The maximum atomic E-state index is 5.56. The standard InChI is InChI=1S/C12H15N3/c1-10-4-2-3-5-12(10)15-11(6-8-13)7-9-14-15/h2-5,7,9H,6,8,13H2,1H3. The third-order valence-electron chi connectivity index (χ3n) is 2.47. The highest BCUT2D eigenvalue weighted by molar-refractivity contribution is 5.40.